The second-order valence-corrected chi connectivity index (χ2v) is 5.40. The minimum Gasteiger partial charge on any atom is -0.493 e. The second kappa shape index (κ2) is 6.20. The molecule has 0 saturated heterocycles. The molecule has 0 aliphatic heterocycles. The van der Waals surface area contributed by atoms with Crippen LogP contribution in [0.2, 0.25) is 0 Å². The lowest BCUT2D eigenvalue weighted by Gasteiger charge is -2.10. The van der Waals surface area contributed by atoms with E-state index >= 15 is 0 Å². The van der Waals surface area contributed by atoms with Gasteiger partial charge in [0.05, 0.1) is 19.4 Å². The summed E-state index contributed by atoms with van der Waals surface area (Å²) in [5.74, 6) is 2.16. The topological polar surface area (TPSA) is 61.8 Å². The molecule has 0 radical (unpaired) electrons. The number of pyridine rings is 1. The number of ether oxygens (including phenoxy) is 2. The molecule has 0 amide bonds. The molecule has 0 aliphatic rings. The third-order valence-electron chi connectivity index (χ3n) is 3.85. The summed E-state index contributed by atoms with van der Waals surface area (Å²) in [5, 5.41) is 0. The normalized spacial score (nSPS) is 10.9. The van der Waals surface area contributed by atoms with Crippen LogP contribution in [0.4, 0.5) is 5.82 Å². The molecule has 3 rings (SSSR count). The van der Waals surface area contributed by atoms with Crippen LogP contribution in [0.5, 0.6) is 11.5 Å². The molecule has 2 aromatic heterocycles. The third kappa shape index (κ3) is 2.82. The van der Waals surface area contributed by atoms with E-state index in [4.69, 9.17) is 15.2 Å². The van der Waals surface area contributed by atoms with Gasteiger partial charge in [-0.2, -0.15) is 0 Å². The highest BCUT2D eigenvalue weighted by atomic mass is 16.5. The number of rotatable bonds is 5. The Labute approximate surface area is 135 Å². The van der Waals surface area contributed by atoms with Crippen LogP contribution in [0.1, 0.15) is 23.9 Å². The van der Waals surface area contributed by atoms with E-state index in [1.807, 2.05) is 54.6 Å². The quantitative estimate of drug-likeness (QED) is 0.786. The first-order chi connectivity index (χ1) is 11.1. The number of anilines is 1. The fourth-order valence-electron chi connectivity index (χ4n) is 2.75. The van der Waals surface area contributed by atoms with Gasteiger partial charge in [-0.25, -0.2) is 4.98 Å². The number of hydrogen-bond acceptors (Lipinski definition) is 4. The van der Waals surface area contributed by atoms with Crippen molar-refractivity contribution >= 4 is 11.5 Å². The minimum absolute atomic E-state index is 0.606. The smallest absolute Gasteiger partial charge is 0.161 e. The van der Waals surface area contributed by atoms with Crippen LogP contribution in [-0.4, -0.2) is 23.1 Å². The molecule has 2 N–H and O–H groups in total. The second-order valence-electron chi connectivity index (χ2n) is 5.40. The van der Waals surface area contributed by atoms with E-state index in [9.17, 15) is 0 Å². The predicted octanol–water partition coefficient (Wildman–Crippen LogP) is 3.22. The lowest BCUT2D eigenvalue weighted by atomic mass is 10.1. The van der Waals surface area contributed by atoms with Gasteiger partial charge in [-0.3, -0.25) is 4.40 Å². The lowest BCUT2D eigenvalue weighted by Crippen LogP contribution is -2.00. The lowest BCUT2D eigenvalue weighted by molar-refractivity contribution is 0.310. The maximum absolute atomic E-state index is 6.28. The largest absolute Gasteiger partial charge is 0.493 e. The van der Waals surface area contributed by atoms with Crippen LogP contribution < -0.4 is 15.2 Å². The van der Waals surface area contributed by atoms with Crippen LogP contribution in [0.3, 0.4) is 0 Å². The molecule has 120 valence electrons. The molecule has 23 heavy (non-hydrogen) atoms. The van der Waals surface area contributed by atoms with E-state index in [1.165, 1.54) is 0 Å². The maximum Gasteiger partial charge on any atom is 0.161 e. The van der Waals surface area contributed by atoms with Gasteiger partial charge < -0.3 is 15.2 Å². The molecule has 0 saturated carbocycles. The average Bonchev–Trinajstić information content (AvgIpc) is 2.86. The van der Waals surface area contributed by atoms with Crippen molar-refractivity contribution in [1.82, 2.24) is 9.38 Å². The minimum atomic E-state index is 0.606. The molecule has 0 atom stereocenters. The van der Waals surface area contributed by atoms with Gasteiger partial charge in [0.2, 0.25) is 0 Å². The molecule has 0 aliphatic carbocycles. The molecule has 0 unspecified atom stereocenters. The van der Waals surface area contributed by atoms with Crippen molar-refractivity contribution < 1.29 is 9.47 Å². The van der Waals surface area contributed by atoms with E-state index in [2.05, 4.69) is 4.98 Å². The Hall–Kier alpha value is -2.69. The molecule has 0 spiro atoms. The first kappa shape index (κ1) is 15.2. The molecular weight excluding hydrogens is 290 g/mol. The summed E-state index contributed by atoms with van der Waals surface area (Å²) in [6.07, 6.45) is 0.649. The standard InChI is InChI=1S/C18H21N3O2/c1-4-23-15-9-8-13(11-16(15)22-3)10-14-18(19)21-12(2)6-5-7-17(21)20-14/h5-9,11H,4,10,19H2,1-3H3. The number of nitrogen functional groups attached to an aromatic ring is 1. The zero-order chi connectivity index (χ0) is 16.4. The van der Waals surface area contributed by atoms with Crippen molar-refractivity contribution in [2.45, 2.75) is 20.3 Å². The van der Waals surface area contributed by atoms with Crippen LogP contribution in [-0.2, 0) is 6.42 Å². The Balaban J connectivity index is 1.96. The van der Waals surface area contributed by atoms with Crippen molar-refractivity contribution in [2.75, 3.05) is 19.5 Å². The van der Waals surface area contributed by atoms with E-state index in [0.29, 0.717) is 18.8 Å². The third-order valence-corrected chi connectivity index (χ3v) is 3.85. The molecule has 5 nitrogen and oxygen atoms in total. The summed E-state index contributed by atoms with van der Waals surface area (Å²) in [7, 11) is 1.64. The van der Waals surface area contributed by atoms with Crippen LogP contribution in [0.15, 0.2) is 36.4 Å². The molecule has 1 aromatic carbocycles. The van der Waals surface area contributed by atoms with Crippen LogP contribution >= 0.6 is 0 Å². The number of nitrogens with zero attached hydrogens (tertiary/aromatic N) is 2. The summed E-state index contributed by atoms with van der Waals surface area (Å²) >= 11 is 0. The molecule has 0 fully saturated rings. The Morgan fingerprint density at radius 2 is 2.00 bits per heavy atom. The van der Waals surface area contributed by atoms with E-state index in [1.54, 1.807) is 7.11 Å². The molecule has 5 heteroatoms. The monoisotopic (exact) mass is 311 g/mol. The number of hydrogen-bond donors (Lipinski definition) is 1. The van der Waals surface area contributed by atoms with Crippen molar-refractivity contribution in [3.8, 4) is 11.5 Å². The van der Waals surface area contributed by atoms with Gasteiger partial charge >= 0.3 is 0 Å². The summed E-state index contributed by atoms with van der Waals surface area (Å²) in [5.41, 5.74) is 10.2. The van der Waals surface area contributed by atoms with Gasteiger partial charge in [0.25, 0.3) is 0 Å². The van der Waals surface area contributed by atoms with Gasteiger partial charge in [0.15, 0.2) is 11.5 Å². The van der Waals surface area contributed by atoms with Gasteiger partial charge in [-0.15, -0.1) is 0 Å². The van der Waals surface area contributed by atoms with E-state index in [-0.39, 0.29) is 0 Å². The number of imidazole rings is 1. The van der Waals surface area contributed by atoms with Crippen molar-refractivity contribution in [3.05, 3.63) is 53.3 Å². The van der Waals surface area contributed by atoms with Crippen LogP contribution in [0, 0.1) is 6.92 Å². The molecule has 0 bridgehead atoms. The molecule has 3 aromatic rings. The number of aromatic nitrogens is 2. The molecular formula is C18H21N3O2. The first-order valence-corrected chi connectivity index (χ1v) is 7.66. The van der Waals surface area contributed by atoms with Gasteiger partial charge in [-0.05, 0) is 43.7 Å². The highest BCUT2D eigenvalue weighted by molar-refractivity contribution is 5.55. The van der Waals surface area contributed by atoms with Crippen molar-refractivity contribution in [3.63, 3.8) is 0 Å². The van der Waals surface area contributed by atoms with E-state index < -0.39 is 0 Å². The zero-order valence-corrected chi connectivity index (χ0v) is 13.7. The summed E-state index contributed by atoms with van der Waals surface area (Å²) < 4.78 is 12.9. The van der Waals surface area contributed by atoms with Crippen molar-refractivity contribution in [2.24, 2.45) is 0 Å². The molecule has 2 heterocycles. The summed E-state index contributed by atoms with van der Waals surface area (Å²) in [6.45, 7) is 4.58. The Bertz CT molecular complexity index is 840. The van der Waals surface area contributed by atoms with Crippen LogP contribution in [0.25, 0.3) is 5.65 Å². The van der Waals surface area contributed by atoms with Gasteiger partial charge in [0.1, 0.15) is 11.5 Å². The first-order valence-electron chi connectivity index (χ1n) is 7.66. The van der Waals surface area contributed by atoms with Gasteiger partial charge in [0, 0.05) is 12.1 Å². The Morgan fingerprint density at radius 1 is 1.17 bits per heavy atom. The Kier molecular flexibility index (Phi) is 4.10. The summed E-state index contributed by atoms with van der Waals surface area (Å²) in [6, 6.07) is 11.9. The fourth-order valence-corrected chi connectivity index (χ4v) is 2.75. The number of aryl methyl sites for hydroxylation is 1. The number of nitrogens with two attached hydrogens (primary N) is 1. The van der Waals surface area contributed by atoms with Crippen molar-refractivity contribution in [1.29, 1.82) is 0 Å². The zero-order valence-electron chi connectivity index (χ0n) is 13.7. The fraction of sp³-hybridized carbons (Fsp3) is 0.278. The number of methoxy groups -OCH3 is 1. The predicted molar refractivity (Wildman–Crippen MR) is 91.3 cm³/mol. The number of fused-ring (bicyclic) bond motifs is 1. The average molecular weight is 311 g/mol. The maximum atomic E-state index is 6.28. The number of benzene rings is 1. The SMILES string of the molecule is CCOc1ccc(Cc2nc3cccc(C)n3c2N)cc1OC. The summed E-state index contributed by atoms with van der Waals surface area (Å²) in [4.78, 5) is 4.65. The Morgan fingerprint density at radius 3 is 2.70 bits per heavy atom. The van der Waals surface area contributed by atoms with E-state index in [0.717, 1.165) is 34.1 Å². The highest BCUT2D eigenvalue weighted by Gasteiger charge is 2.12. The highest BCUT2D eigenvalue weighted by Crippen LogP contribution is 2.29. The van der Waals surface area contributed by atoms with Gasteiger partial charge in [-0.1, -0.05) is 12.1 Å².